The SMILES string of the molecule is FC(F)(F)OCCN1CCC(Cl)C1. The summed E-state index contributed by atoms with van der Waals surface area (Å²) in [5.41, 5.74) is 0. The predicted octanol–water partition coefficient (Wildman–Crippen LogP) is 1.84. The molecule has 1 unspecified atom stereocenters. The van der Waals surface area contributed by atoms with Gasteiger partial charge in [0.1, 0.15) is 0 Å². The zero-order chi connectivity index (χ0) is 9.90. The van der Waals surface area contributed by atoms with Gasteiger partial charge in [0.05, 0.1) is 6.61 Å². The van der Waals surface area contributed by atoms with Crippen molar-refractivity contribution in [1.82, 2.24) is 4.90 Å². The van der Waals surface area contributed by atoms with Crippen molar-refractivity contribution in [3.05, 3.63) is 0 Å². The summed E-state index contributed by atoms with van der Waals surface area (Å²) in [5.74, 6) is 0. The Bertz CT molecular complexity index is 164. The predicted molar refractivity (Wildman–Crippen MR) is 42.7 cm³/mol. The number of halogens is 4. The van der Waals surface area contributed by atoms with Crippen LogP contribution in [0.2, 0.25) is 0 Å². The van der Waals surface area contributed by atoms with Crippen LogP contribution in [0.25, 0.3) is 0 Å². The monoisotopic (exact) mass is 217 g/mol. The van der Waals surface area contributed by atoms with Gasteiger partial charge in [0.15, 0.2) is 0 Å². The van der Waals surface area contributed by atoms with Gasteiger partial charge in [-0.05, 0) is 13.0 Å². The lowest BCUT2D eigenvalue weighted by atomic mass is 10.4. The fourth-order valence-electron chi connectivity index (χ4n) is 1.28. The van der Waals surface area contributed by atoms with Gasteiger partial charge in [-0.2, -0.15) is 0 Å². The van der Waals surface area contributed by atoms with Gasteiger partial charge >= 0.3 is 6.36 Å². The second kappa shape index (κ2) is 4.48. The van der Waals surface area contributed by atoms with E-state index in [9.17, 15) is 13.2 Å². The van der Waals surface area contributed by atoms with Crippen LogP contribution in [0.4, 0.5) is 13.2 Å². The standard InChI is InChI=1S/C7H11ClF3NO/c8-6-1-2-12(5-6)3-4-13-7(9,10)11/h6H,1-5H2. The van der Waals surface area contributed by atoms with E-state index in [-0.39, 0.29) is 12.0 Å². The number of ether oxygens (including phenoxy) is 1. The highest BCUT2D eigenvalue weighted by Gasteiger charge is 2.29. The fraction of sp³-hybridized carbons (Fsp3) is 1.00. The first-order valence-corrected chi connectivity index (χ1v) is 4.48. The topological polar surface area (TPSA) is 12.5 Å². The van der Waals surface area contributed by atoms with E-state index in [0.717, 1.165) is 13.0 Å². The molecular formula is C7H11ClF3NO. The Kier molecular flexibility index (Phi) is 3.82. The van der Waals surface area contributed by atoms with Gasteiger partial charge in [-0.1, -0.05) is 0 Å². The lowest BCUT2D eigenvalue weighted by Crippen LogP contribution is -2.28. The molecule has 78 valence electrons. The maximum absolute atomic E-state index is 11.5. The summed E-state index contributed by atoms with van der Waals surface area (Å²) in [7, 11) is 0. The van der Waals surface area contributed by atoms with Gasteiger partial charge in [0.25, 0.3) is 0 Å². The van der Waals surface area contributed by atoms with Crippen LogP contribution < -0.4 is 0 Å². The Morgan fingerprint density at radius 1 is 1.46 bits per heavy atom. The Morgan fingerprint density at radius 3 is 2.62 bits per heavy atom. The third kappa shape index (κ3) is 4.69. The molecule has 0 spiro atoms. The first-order chi connectivity index (χ1) is 5.97. The number of likely N-dealkylation sites (tertiary alicyclic amines) is 1. The van der Waals surface area contributed by atoms with Crippen molar-refractivity contribution in [1.29, 1.82) is 0 Å². The summed E-state index contributed by atoms with van der Waals surface area (Å²) in [6, 6.07) is 0. The molecule has 0 radical (unpaired) electrons. The van der Waals surface area contributed by atoms with E-state index < -0.39 is 6.36 Å². The van der Waals surface area contributed by atoms with Crippen LogP contribution in [0.3, 0.4) is 0 Å². The van der Waals surface area contributed by atoms with E-state index in [1.807, 2.05) is 4.90 Å². The minimum Gasteiger partial charge on any atom is -0.300 e. The molecule has 0 aromatic rings. The van der Waals surface area contributed by atoms with E-state index in [4.69, 9.17) is 11.6 Å². The molecule has 0 aliphatic carbocycles. The Hall–Kier alpha value is 0. The second-order valence-electron chi connectivity index (χ2n) is 2.98. The van der Waals surface area contributed by atoms with E-state index >= 15 is 0 Å². The summed E-state index contributed by atoms with van der Waals surface area (Å²) >= 11 is 5.77. The van der Waals surface area contributed by atoms with Crippen molar-refractivity contribution in [2.75, 3.05) is 26.2 Å². The van der Waals surface area contributed by atoms with Crippen molar-refractivity contribution >= 4 is 11.6 Å². The maximum atomic E-state index is 11.5. The number of alkyl halides is 4. The molecule has 6 heteroatoms. The quantitative estimate of drug-likeness (QED) is 0.669. The second-order valence-corrected chi connectivity index (χ2v) is 3.60. The molecule has 2 nitrogen and oxygen atoms in total. The molecule has 1 rings (SSSR count). The molecule has 1 fully saturated rings. The van der Waals surface area contributed by atoms with Crippen LogP contribution in [-0.2, 0) is 4.74 Å². The van der Waals surface area contributed by atoms with Crippen LogP contribution in [-0.4, -0.2) is 42.9 Å². The van der Waals surface area contributed by atoms with Crippen LogP contribution in [0.1, 0.15) is 6.42 Å². The third-order valence-electron chi connectivity index (χ3n) is 1.89. The van der Waals surface area contributed by atoms with Crippen molar-refractivity contribution in [2.45, 2.75) is 18.2 Å². The third-order valence-corrected chi connectivity index (χ3v) is 2.24. The molecule has 13 heavy (non-hydrogen) atoms. The van der Waals surface area contributed by atoms with Gasteiger partial charge in [0.2, 0.25) is 0 Å². The Labute approximate surface area is 79.6 Å². The lowest BCUT2D eigenvalue weighted by Gasteiger charge is -2.15. The van der Waals surface area contributed by atoms with Crippen LogP contribution >= 0.6 is 11.6 Å². The molecule has 1 heterocycles. The molecule has 1 saturated heterocycles. The van der Waals surface area contributed by atoms with Crippen molar-refractivity contribution < 1.29 is 17.9 Å². The fourth-order valence-corrected chi connectivity index (χ4v) is 1.57. The Morgan fingerprint density at radius 2 is 2.15 bits per heavy atom. The smallest absolute Gasteiger partial charge is 0.300 e. The van der Waals surface area contributed by atoms with Crippen molar-refractivity contribution in [3.63, 3.8) is 0 Å². The average molecular weight is 218 g/mol. The molecule has 0 saturated carbocycles. The zero-order valence-electron chi connectivity index (χ0n) is 6.98. The van der Waals surface area contributed by atoms with E-state index in [1.165, 1.54) is 0 Å². The lowest BCUT2D eigenvalue weighted by molar-refractivity contribution is -0.324. The molecule has 0 aromatic heterocycles. The summed E-state index contributed by atoms with van der Waals surface area (Å²) in [6.45, 7) is 1.40. The van der Waals surface area contributed by atoms with Crippen molar-refractivity contribution in [2.24, 2.45) is 0 Å². The van der Waals surface area contributed by atoms with Gasteiger partial charge in [-0.25, -0.2) is 0 Å². The van der Waals surface area contributed by atoms with Crippen LogP contribution in [0, 0.1) is 0 Å². The number of rotatable bonds is 3. The number of hydrogen-bond acceptors (Lipinski definition) is 2. The molecule has 0 amide bonds. The Balaban J connectivity index is 2.07. The summed E-state index contributed by atoms with van der Waals surface area (Å²) < 4.78 is 38.3. The van der Waals surface area contributed by atoms with E-state index in [0.29, 0.717) is 13.1 Å². The molecule has 1 atom stereocenters. The molecule has 0 N–H and O–H groups in total. The maximum Gasteiger partial charge on any atom is 0.522 e. The van der Waals surface area contributed by atoms with Crippen molar-refractivity contribution in [3.8, 4) is 0 Å². The molecule has 0 bridgehead atoms. The van der Waals surface area contributed by atoms with Crippen LogP contribution in [0.15, 0.2) is 0 Å². The zero-order valence-corrected chi connectivity index (χ0v) is 7.74. The normalized spacial score (nSPS) is 25.4. The van der Waals surface area contributed by atoms with Gasteiger partial charge in [-0.15, -0.1) is 24.8 Å². The minimum absolute atomic E-state index is 0.0749. The first-order valence-electron chi connectivity index (χ1n) is 4.04. The first kappa shape index (κ1) is 11.1. The average Bonchev–Trinajstić information content (AvgIpc) is 2.33. The van der Waals surface area contributed by atoms with Gasteiger partial charge < -0.3 is 0 Å². The van der Waals surface area contributed by atoms with Crippen LogP contribution in [0.5, 0.6) is 0 Å². The minimum atomic E-state index is -4.51. The molecule has 1 aliphatic heterocycles. The highest BCUT2D eigenvalue weighted by molar-refractivity contribution is 6.20. The van der Waals surface area contributed by atoms with Gasteiger partial charge in [0, 0.05) is 18.5 Å². The molecule has 0 aromatic carbocycles. The number of hydrogen-bond donors (Lipinski definition) is 0. The molecular weight excluding hydrogens is 207 g/mol. The van der Waals surface area contributed by atoms with E-state index in [2.05, 4.69) is 4.74 Å². The summed E-state index contributed by atoms with van der Waals surface area (Å²) in [6.07, 6.45) is -3.67. The molecule has 1 aliphatic rings. The highest BCUT2D eigenvalue weighted by Crippen LogP contribution is 2.17. The van der Waals surface area contributed by atoms with E-state index in [1.54, 1.807) is 0 Å². The largest absolute Gasteiger partial charge is 0.522 e. The van der Waals surface area contributed by atoms with Gasteiger partial charge in [-0.3, -0.25) is 9.64 Å². The summed E-state index contributed by atoms with van der Waals surface area (Å²) in [4.78, 5) is 1.86. The highest BCUT2D eigenvalue weighted by atomic mass is 35.5. The summed E-state index contributed by atoms with van der Waals surface area (Å²) in [5, 5.41) is 0.0749. The number of nitrogens with zero attached hydrogens (tertiary/aromatic N) is 1.